The summed E-state index contributed by atoms with van der Waals surface area (Å²) in [4.78, 5) is 22.9. The molecule has 0 spiro atoms. The van der Waals surface area contributed by atoms with Gasteiger partial charge in [0.15, 0.2) is 0 Å². The van der Waals surface area contributed by atoms with Crippen molar-refractivity contribution >= 4 is 11.7 Å². The number of halogens is 2. The van der Waals surface area contributed by atoms with Crippen LogP contribution in [0.1, 0.15) is 48.6 Å². The van der Waals surface area contributed by atoms with Crippen LogP contribution in [0.5, 0.6) is 0 Å². The van der Waals surface area contributed by atoms with Crippen molar-refractivity contribution in [2.24, 2.45) is 0 Å². The van der Waals surface area contributed by atoms with Crippen molar-refractivity contribution in [3.63, 3.8) is 0 Å². The second-order valence-corrected chi connectivity index (χ2v) is 7.04. The highest BCUT2D eigenvalue weighted by Gasteiger charge is 2.27. The molecular formula is C20H21F2N5O. The molecule has 1 saturated heterocycles. The third-order valence-electron chi connectivity index (χ3n) is 5.19. The minimum absolute atomic E-state index is 0.0753. The molecule has 146 valence electrons. The number of amides is 1. The minimum Gasteiger partial charge on any atom is -0.342 e. The summed E-state index contributed by atoms with van der Waals surface area (Å²) in [6, 6.07) is 11.3. The lowest BCUT2D eigenvalue weighted by atomic mass is 9.93. The number of piperidine rings is 1. The first kappa shape index (κ1) is 18.5. The quantitative estimate of drug-likeness (QED) is 0.675. The molecule has 4 rings (SSSR count). The van der Waals surface area contributed by atoms with Crippen LogP contribution in [0.3, 0.4) is 0 Å². The molecule has 1 unspecified atom stereocenters. The predicted molar refractivity (Wildman–Crippen MR) is 99.1 cm³/mol. The molecule has 1 amide bonds. The maximum atomic E-state index is 13.4. The number of aryl methyl sites for hydroxylation is 1. The third kappa shape index (κ3) is 3.85. The number of likely N-dealkylation sites (tertiary alicyclic amines) is 1. The topological polar surface area (TPSA) is 63.4 Å². The van der Waals surface area contributed by atoms with Gasteiger partial charge in [0.05, 0.1) is 5.69 Å². The molecule has 0 aliphatic carbocycles. The van der Waals surface area contributed by atoms with Gasteiger partial charge in [0.1, 0.15) is 12.0 Å². The van der Waals surface area contributed by atoms with Crippen molar-refractivity contribution in [3.8, 4) is 0 Å². The average molecular weight is 385 g/mol. The van der Waals surface area contributed by atoms with Gasteiger partial charge < -0.3 is 4.90 Å². The lowest BCUT2D eigenvalue weighted by Gasteiger charge is -2.32. The first-order valence-corrected chi connectivity index (χ1v) is 9.42. The van der Waals surface area contributed by atoms with Gasteiger partial charge in [-0.05, 0) is 30.9 Å². The Labute approximate surface area is 161 Å². The van der Waals surface area contributed by atoms with E-state index in [4.69, 9.17) is 0 Å². The zero-order valence-electron chi connectivity index (χ0n) is 15.3. The maximum absolute atomic E-state index is 13.4. The number of benzene rings is 1. The molecule has 3 aromatic rings. The van der Waals surface area contributed by atoms with Gasteiger partial charge in [-0.15, -0.1) is 0 Å². The molecule has 0 saturated carbocycles. The number of hydrogen-bond acceptors (Lipinski definition) is 4. The van der Waals surface area contributed by atoms with Crippen molar-refractivity contribution in [3.05, 3.63) is 59.7 Å². The van der Waals surface area contributed by atoms with Crippen molar-refractivity contribution < 1.29 is 13.6 Å². The largest absolute Gasteiger partial charge is 0.342 e. The molecule has 0 N–H and O–H groups in total. The van der Waals surface area contributed by atoms with Gasteiger partial charge in [-0.1, -0.05) is 30.3 Å². The van der Waals surface area contributed by atoms with Crippen LogP contribution >= 0.6 is 0 Å². The van der Waals surface area contributed by atoms with Gasteiger partial charge in [0.25, 0.3) is 12.2 Å². The maximum Gasteiger partial charge on any atom is 0.280 e. The van der Waals surface area contributed by atoms with Crippen LogP contribution in [0, 0.1) is 0 Å². The van der Waals surface area contributed by atoms with E-state index in [1.807, 2.05) is 35.2 Å². The Bertz CT molecular complexity index is 960. The summed E-state index contributed by atoms with van der Waals surface area (Å²) >= 11 is 0. The highest BCUT2D eigenvalue weighted by molar-refractivity contribution is 5.76. The van der Waals surface area contributed by atoms with Gasteiger partial charge in [-0.3, -0.25) is 4.79 Å². The predicted octanol–water partition coefficient (Wildman–Crippen LogP) is 3.40. The van der Waals surface area contributed by atoms with E-state index >= 15 is 0 Å². The third-order valence-corrected chi connectivity index (χ3v) is 5.19. The average Bonchev–Trinajstić information content (AvgIpc) is 3.20. The van der Waals surface area contributed by atoms with Crippen LogP contribution < -0.4 is 0 Å². The molecule has 1 atom stereocenters. The Morgan fingerprint density at radius 2 is 2.07 bits per heavy atom. The van der Waals surface area contributed by atoms with E-state index in [9.17, 15) is 13.6 Å². The zero-order chi connectivity index (χ0) is 19.5. The first-order valence-electron chi connectivity index (χ1n) is 9.42. The monoisotopic (exact) mass is 385 g/mol. The number of aromatic nitrogens is 4. The van der Waals surface area contributed by atoms with Crippen LogP contribution in [0.4, 0.5) is 8.78 Å². The molecule has 1 aliphatic rings. The summed E-state index contributed by atoms with van der Waals surface area (Å²) in [7, 11) is 0. The lowest BCUT2D eigenvalue weighted by Crippen LogP contribution is -2.39. The number of alkyl halides is 2. The van der Waals surface area contributed by atoms with Gasteiger partial charge in [-0.2, -0.15) is 14.6 Å². The Balaban J connectivity index is 1.47. The standard InChI is InChI=1S/C20H21F2N5O/c21-19(22)17-11-16(25-20-23-13-24-27(17)20)15-7-4-10-26(12-15)18(28)9-8-14-5-2-1-3-6-14/h1-3,5-6,11,13,15,19H,4,7-10,12H2. The minimum atomic E-state index is -2.67. The molecule has 3 heterocycles. The van der Waals surface area contributed by atoms with Crippen LogP contribution in [0.15, 0.2) is 42.7 Å². The fourth-order valence-electron chi connectivity index (χ4n) is 3.72. The van der Waals surface area contributed by atoms with E-state index in [-0.39, 0.29) is 23.3 Å². The highest BCUT2D eigenvalue weighted by Crippen LogP contribution is 2.29. The van der Waals surface area contributed by atoms with E-state index < -0.39 is 6.43 Å². The molecule has 8 heteroatoms. The second-order valence-electron chi connectivity index (χ2n) is 7.04. The SMILES string of the molecule is O=C(CCc1ccccc1)N1CCCC(c2cc(C(F)F)n3ncnc3n2)C1. The molecule has 2 aromatic heterocycles. The van der Waals surface area contributed by atoms with Gasteiger partial charge >= 0.3 is 0 Å². The summed E-state index contributed by atoms with van der Waals surface area (Å²) < 4.78 is 27.9. The molecule has 6 nitrogen and oxygen atoms in total. The Morgan fingerprint density at radius 1 is 1.25 bits per heavy atom. The fraction of sp³-hybridized carbons (Fsp3) is 0.400. The zero-order valence-corrected chi connectivity index (χ0v) is 15.3. The normalized spacial score (nSPS) is 17.4. The Morgan fingerprint density at radius 3 is 2.86 bits per heavy atom. The van der Waals surface area contributed by atoms with Crippen LogP contribution in [0.25, 0.3) is 5.78 Å². The van der Waals surface area contributed by atoms with Crippen molar-refractivity contribution in [2.75, 3.05) is 13.1 Å². The number of fused-ring (bicyclic) bond motifs is 1. The molecule has 1 fully saturated rings. The number of nitrogens with zero attached hydrogens (tertiary/aromatic N) is 5. The molecule has 0 radical (unpaired) electrons. The van der Waals surface area contributed by atoms with Crippen molar-refractivity contribution in [1.82, 2.24) is 24.5 Å². The van der Waals surface area contributed by atoms with Crippen LogP contribution in [0.2, 0.25) is 0 Å². The smallest absolute Gasteiger partial charge is 0.280 e. The number of hydrogen-bond donors (Lipinski definition) is 0. The van der Waals surface area contributed by atoms with Gasteiger partial charge in [0.2, 0.25) is 5.91 Å². The lowest BCUT2D eigenvalue weighted by molar-refractivity contribution is -0.132. The van der Waals surface area contributed by atoms with Crippen LogP contribution in [-0.2, 0) is 11.2 Å². The Kier molecular flexibility index (Phi) is 5.27. The molecule has 1 aliphatic heterocycles. The first-order chi connectivity index (χ1) is 13.6. The molecular weight excluding hydrogens is 364 g/mol. The molecule has 28 heavy (non-hydrogen) atoms. The van der Waals surface area contributed by atoms with Crippen molar-refractivity contribution in [2.45, 2.75) is 38.0 Å². The van der Waals surface area contributed by atoms with E-state index in [0.29, 0.717) is 31.6 Å². The summed E-state index contributed by atoms with van der Waals surface area (Å²) in [5, 5.41) is 3.82. The summed E-state index contributed by atoms with van der Waals surface area (Å²) in [6.07, 6.45) is 1.32. The van der Waals surface area contributed by atoms with E-state index in [1.165, 1.54) is 12.4 Å². The van der Waals surface area contributed by atoms with E-state index in [1.54, 1.807) is 0 Å². The highest BCUT2D eigenvalue weighted by atomic mass is 19.3. The molecule has 1 aromatic carbocycles. The van der Waals surface area contributed by atoms with E-state index in [0.717, 1.165) is 22.9 Å². The fourth-order valence-corrected chi connectivity index (χ4v) is 3.72. The molecule has 0 bridgehead atoms. The Hall–Kier alpha value is -2.90. The van der Waals surface area contributed by atoms with Gasteiger partial charge in [0, 0.05) is 25.4 Å². The summed E-state index contributed by atoms with van der Waals surface area (Å²) in [5.41, 5.74) is 1.46. The number of rotatable bonds is 5. The summed E-state index contributed by atoms with van der Waals surface area (Å²) in [5.74, 6) is 0.181. The second kappa shape index (κ2) is 8.00. The number of carbonyl (C=O) groups is 1. The van der Waals surface area contributed by atoms with Crippen molar-refractivity contribution in [1.29, 1.82) is 0 Å². The van der Waals surface area contributed by atoms with Crippen LogP contribution in [-0.4, -0.2) is 43.5 Å². The number of carbonyl (C=O) groups excluding carboxylic acids is 1. The van der Waals surface area contributed by atoms with Gasteiger partial charge in [-0.25, -0.2) is 13.8 Å². The van der Waals surface area contributed by atoms with E-state index in [2.05, 4.69) is 15.1 Å². The summed E-state index contributed by atoms with van der Waals surface area (Å²) in [6.45, 7) is 1.19.